The van der Waals surface area contributed by atoms with Gasteiger partial charge in [0.1, 0.15) is 11.4 Å². The van der Waals surface area contributed by atoms with Crippen LogP contribution in [-0.2, 0) is 4.74 Å². The largest absolute Gasteiger partial charge is 0.508 e. The van der Waals surface area contributed by atoms with E-state index in [1.807, 2.05) is 39.8 Å². The second kappa shape index (κ2) is 9.48. The first-order valence-corrected chi connectivity index (χ1v) is 7.69. The molecule has 0 saturated heterocycles. The molecule has 0 radical (unpaired) electrons. The number of carbonyl (C=O) groups excluding carboxylic acids is 1. The van der Waals surface area contributed by atoms with E-state index in [0.29, 0.717) is 18.2 Å². The highest BCUT2D eigenvalue weighted by Crippen LogP contribution is 2.10. The van der Waals surface area contributed by atoms with Crippen LogP contribution >= 0.6 is 0 Å². The molecule has 4 heteroatoms. The summed E-state index contributed by atoms with van der Waals surface area (Å²) in [7, 11) is 0. The molecule has 122 valence electrons. The maximum atomic E-state index is 11.6. The zero-order valence-corrected chi connectivity index (χ0v) is 14.3. The van der Waals surface area contributed by atoms with E-state index in [1.54, 1.807) is 11.0 Å². The first-order chi connectivity index (χ1) is 9.65. The van der Waals surface area contributed by atoms with Gasteiger partial charge in [-0.1, -0.05) is 19.9 Å². The smallest absolute Gasteiger partial charge is 0.410 e. The minimum atomic E-state index is -0.401. The van der Waals surface area contributed by atoms with Gasteiger partial charge in [-0.15, -0.1) is 0 Å². The van der Waals surface area contributed by atoms with E-state index >= 15 is 0 Å². The van der Waals surface area contributed by atoms with Crippen molar-refractivity contribution in [3.63, 3.8) is 0 Å². The Morgan fingerprint density at radius 3 is 2.29 bits per heavy atom. The summed E-state index contributed by atoms with van der Waals surface area (Å²) in [6.45, 7) is 13.3. The van der Waals surface area contributed by atoms with E-state index in [2.05, 4.69) is 13.8 Å². The van der Waals surface area contributed by atoms with Gasteiger partial charge in [-0.05, 0) is 58.6 Å². The molecule has 0 spiro atoms. The summed E-state index contributed by atoms with van der Waals surface area (Å²) in [6, 6.07) is 0. The third kappa shape index (κ3) is 10.9. The SMILES string of the molecule is CCN(CC(C)C)C(=O)OC(C)(C)C.OC1=CCCC=C1. The average Bonchev–Trinajstić information content (AvgIpc) is 2.35. The highest BCUT2D eigenvalue weighted by molar-refractivity contribution is 5.68. The predicted octanol–water partition coefficient (Wildman–Crippen LogP) is 4.68. The van der Waals surface area contributed by atoms with Crippen molar-refractivity contribution < 1.29 is 14.6 Å². The fourth-order valence-electron chi connectivity index (χ4n) is 1.70. The number of hydrogen-bond acceptors (Lipinski definition) is 3. The molecular formula is C17H31NO3. The lowest BCUT2D eigenvalue weighted by atomic mass is 10.2. The van der Waals surface area contributed by atoms with Crippen LogP contribution in [0.25, 0.3) is 0 Å². The molecule has 1 N–H and O–H groups in total. The molecule has 0 heterocycles. The second-order valence-electron chi connectivity index (χ2n) is 6.52. The van der Waals surface area contributed by atoms with Crippen LogP contribution in [-0.4, -0.2) is 34.8 Å². The lowest BCUT2D eigenvalue weighted by Crippen LogP contribution is -2.38. The Bertz CT molecular complexity index is 365. The maximum Gasteiger partial charge on any atom is 0.410 e. The van der Waals surface area contributed by atoms with Crippen molar-refractivity contribution in [2.75, 3.05) is 13.1 Å². The van der Waals surface area contributed by atoms with Gasteiger partial charge in [-0.25, -0.2) is 4.79 Å². The van der Waals surface area contributed by atoms with Crippen LogP contribution in [0.3, 0.4) is 0 Å². The van der Waals surface area contributed by atoms with Gasteiger partial charge in [0, 0.05) is 13.1 Å². The number of amides is 1. The fraction of sp³-hybridized carbons (Fsp3) is 0.706. The van der Waals surface area contributed by atoms with Crippen LogP contribution in [0, 0.1) is 5.92 Å². The van der Waals surface area contributed by atoms with Crippen molar-refractivity contribution in [3.8, 4) is 0 Å². The van der Waals surface area contributed by atoms with Gasteiger partial charge in [0.05, 0.1) is 0 Å². The Kier molecular flexibility index (Phi) is 8.83. The van der Waals surface area contributed by atoms with Gasteiger partial charge in [0.2, 0.25) is 0 Å². The molecule has 0 aromatic rings. The molecule has 0 fully saturated rings. The highest BCUT2D eigenvalue weighted by Gasteiger charge is 2.21. The van der Waals surface area contributed by atoms with Gasteiger partial charge in [0.15, 0.2) is 0 Å². The van der Waals surface area contributed by atoms with E-state index in [-0.39, 0.29) is 6.09 Å². The minimum Gasteiger partial charge on any atom is -0.508 e. The van der Waals surface area contributed by atoms with Crippen LogP contribution < -0.4 is 0 Å². The molecule has 1 aliphatic carbocycles. The molecule has 0 saturated carbocycles. The quantitative estimate of drug-likeness (QED) is 0.823. The third-order valence-electron chi connectivity index (χ3n) is 2.59. The zero-order valence-electron chi connectivity index (χ0n) is 14.3. The molecule has 0 aromatic heterocycles. The molecule has 0 unspecified atom stereocenters. The van der Waals surface area contributed by atoms with E-state index in [1.165, 1.54) is 0 Å². The summed E-state index contributed by atoms with van der Waals surface area (Å²) in [5, 5.41) is 8.68. The number of hydrogen-bond donors (Lipinski definition) is 1. The predicted molar refractivity (Wildman–Crippen MR) is 87.4 cm³/mol. The number of rotatable bonds is 3. The first-order valence-electron chi connectivity index (χ1n) is 7.69. The monoisotopic (exact) mass is 297 g/mol. The minimum absolute atomic E-state index is 0.214. The molecular weight excluding hydrogens is 266 g/mol. The Morgan fingerprint density at radius 1 is 1.38 bits per heavy atom. The molecule has 0 bridgehead atoms. The van der Waals surface area contributed by atoms with Crippen LogP contribution in [0.1, 0.15) is 54.4 Å². The summed E-state index contributed by atoms with van der Waals surface area (Å²) in [5.74, 6) is 0.883. The Labute approximate surface area is 129 Å². The van der Waals surface area contributed by atoms with Crippen molar-refractivity contribution in [1.29, 1.82) is 0 Å². The third-order valence-corrected chi connectivity index (χ3v) is 2.59. The number of ether oxygens (including phenoxy) is 1. The van der Waals surface area contributed by atoms with Crippen LogP contribution in [0.15, 0.2) is 24.0 Å². The molecule has 4 nitrogen and oxygen atoms in total. The number of aliphatic hydroxyl groups is 1. The Hall–Kier alpha value is -1.45. The number of carbonyl (C=O) groups is 1. The van der Waals surface area contributed by atoms with E-state index in [4.69, 9.17) is 9.84 Å². The normalized spacial score (nSPS) is 14.1. The summed E-state index contributed by atoms with van der Waals surface area (Å²) in [4.78, 5) is 13.4. The fourth-order valence-corrected chi connectivity index (χ4v) is 1.70. The summed E-state index contributed by atoms with van der Waals surface area (Å²) >= 11 is 0. The molecule has 1 aliphatic rings. The van der Waals surface area contributed by atoms with Gasteiger partial charge >= 0.3 is 6.09 Å². The molecule has 0 aromatic carbocycles. The van der Waals surface area contributed by atoms with Crippen molar-refractivity contribution >= 4 is 6.09 Å². The first kappa shape index (κ1) is 19.6. The van der Waals surface area contributed by atoms with E-state index < -0.39 is 5.60 Å². The van der Waals surface area contributed by atoms with Crippen LogP contribution in [0.2, 0.25) is 0 Å². The van der Waals surface area contributed by atoms with E-state index in [0.717, 1.165) is 19.4 Å². The van der Waals surface area contributed by atoms with Gasteiger partial charge in [-0.3, -0.25) is 0 Å². The molecule has 0 aliphatic heterocycles. The standard InChI is InChI=1S/C11H23NO2.C6H8O/c1-7-12(8-9(2)3)10(13)14-11(4,5)6;7-6-4-2-1-3-5-6/h9H,7-8H2,1-6H3;2,4-5,7H,1,3H2. The highest BCUT2D eigenvalue weighted by atomic mass is 16.6. The van der Waals surface area contributed by atoms with Gasteiger partial charge in [0.25, 0.3) is 0 Å². The van der Waals surface area contributed by atoms with Crippen LogP contribution in [0.5, 0.6) is 0 Å². The summed E-state index contributed by atoms with van der Waals surface area (Å²) in [5.41, 5.74) is -0.401. The van der Waals surface area contributed by atoms with Crippen molar-refractivity contribution in [1.82, 2.24) is 4.90 Å². The number of aliphatic hydroxyl groups excluding tert-OH is 1. The maximum absolute atomic E-state index is 11.6. The lowest BCUT2D eigenvalue weighted by molar-refractivity contribution is 0.0239. The van der Waals surface area contributed by atoms with Gasteiger partial charge in [-0.2, -0.15) is 0 Å². The molecule has 21 heavy (non-hydrogen) atoms. The zero-order chi connectivity index (χ0) is 16.5. The van der Waals surface area contributed by atoms with Gasteiger partial charge < -0.3 is 14.7 Å². The number of nitrogens with zero attached hydrogens (tertiary/aromatic N) is 1. The lowest BCUT2D eigenvalue weighted by Gasteiger charge is -2.27. The Balaban J connectivity index is 0.000000471. The summed E-state index contributed by atoms with van der Waals surface area (Å²) in [6.07, 6.45) is 7.36. The topological polar surface area (TPSA) is 49.8 Å². The molecule has 1 amide bonds. The number of allylic oxidation sites excluding steroid dienone is 3. The van der Waals surface area contributed by atoms with E-state index in [9.17, 15) is 4.79 Å². The van der Waals surface area contributed by atoms with Crippen LogP contribution in [0.4, 0.5) is 4.79 Å². The molecule has 0 atom stereocenters. The van der Waals surface area contributed by atoms with Crippen molar-refractivity contribution in [2.24, 2.45) is 5.92 Å². The van der Waals surface area contributed by atoms with Crippen molar-refractivity contribution in [2.45, 2.75) is 60.0 Å². The Morgan fingerprint density at radius 2 is 2.00 bits per heavy atom. The van der Waals surface area contributed by atoms with Crippen molar-refractivity contribution in [3.05, 3.63) is 24.0 Å². The average molecular weight is 297 g/mol. The molecule has 1 rings (SSSR count). The second-order valence-corrected chi connectivity index (χ2v) is 6.52. The summed E-state index contributed by atoms with van der Waals surface area (Å²) < 4.78 is 5.28.